The molecule has 2 atom stereocenters. The number of hydrogen-bond acceptors (Lipinski definition) is 3. The summed E-state index contributed by atoms with van der Waals surface area (Å²) in [6.07, 6.45) is 9.72. The molecular formula is C15H26N4. The van der Waals surface area contributed by atoms with E-state index in [1.807, 2.05) is 10.9 Å². The molecule has 3 heterocycles. The van der Waals surface area contributed by atoms with Gasteiger partial charge in [-0.3, -0.25) is 9.58 Å². The first-order valence-electron chi connectivity index (χ1n) is 7.82. The molecule has 2 aliphatic heterocycles. The third-order valence-electron chi connectivity index (χ3n) is 4.63. The Morgan fingerprint density at radius 3 is 3.05 bits per heavy atom. The second-order valence-corrected chi connectivity index (χ2v) is 6.04. The van der Waals surface area contributed by atoms with Crippen LogP contribution < -0.4 is 5.32 Å². The number of rotatable bonds is 4. The molecule has 0 amide bonds. The van der Waals surface area contributed by atoms with E-state index in [1.165, 1.54) is 50.9 Å². The number of nitrogens with zero attached hydrogens (tertiary/aromatic N) is 3. The van der Waals surface area contributed by atoms with Gasteiger partial charge in [0.2, 0.25) is 0 Å². The second kappa shape index (κ2) is 6.06. The fourth-order valence-corrected chi connectivity index (χ4v) is 3.60. The number of aromatic nitrogens is 2. The van der Waals surface area contributed by atoms with Crippen molar-refractivity contribution in [3.8, 4) is 0 Å². The molecule has 0 bridgehead atoms. The average molecular weight is 262 g/mol. The Morgan fingerprint density at radius 1 is 1.37 bits per heavy atom. The molecule has 0 aromatic carbocycles. The van der Waals surface area contributed by atoms with E-state index in [0.717, 1.165) is 25.0 Å². The standard InChI is InChI=1S/C15H26N4/c1-2-19-11-13(9-17-19)10-18-8-4-5-14(12-18)15-6-3-7-16-15/h9,11,14-16H,2-8,10,12H2,1H3. The molecule has 1 N–H and O–H groups in total. The lowest BCUT2D eigenvalue weighted by Gasteiger charge is -2.35. The zero-order valence-electron chi connectivity index (χ0n) is 12.0. The molecule has 0 aliphatic carbocycles. The molecule has 3 rings (SSSR count). The summed E-state index contributed by atoms with van der Waals surface area (Å²) in [5.74, 6) is 0.859. The van der Waals surface area contributed by atoms with Gasteiger partial charge in [-0.15, -0.1) is 0 Å². The van der Waals surface area contributed by atoms with Crippen LogP contribution in [0.4, 0.5) is 0 Å². The second-order valence-electron chi connectivity index (χ2n) is 6.04. The van der Waals surface area contributed by atoms with Crippen LogP contribution in [-0.4, -0.2) is 40.4 Å². The van der Waals surface area contributed by atoms with Gasteiger partial charge in [-0.1, -0.05) is 0 Å². The topological polar surface area (TPSA) is 33.1 Å². The maximum atomic E-state index is 4.37. The van der Waals surface area contributed by atoms with Gasteiger partial charge in [0.05, 0.1) is 6.20 Å². The molecule has 0 radical (unpaired) electrons. The van der Waals surface area contributed by atoms with Crippen LogP contribution >= 0.6 is 0 Å². The Hall–Kier alpha value is -0.870. The lowest BCUT2D eigenvalue weighted by atomic mass is 9.89. The highest BCUT2D eigenvalue weighted by Gasteiger charge is 2.28. The van der Waals surface area contributed by atoms with Crippen molar-refractivity contribution in [2.24, 2.45) is 5.92 Å². The molecule has 4 nitrogen and oxygen atoms in total. The summed E-state index contributed by atoms with van der Waals surface area (Å²) in [6, 6.07) is 0.779. The molecule has 19 heavy (non-hydrogen) atoms. The minimum absolute atomic E-state index is 0.779. The van der Waals surface area contributed by atoms with E-state index in [9.17, 15) is 0 Å². The van der Waals surface area contributed by atoms with Gasteiger partial charge < -0.3 is 5.32 Å². The van der Waals surface area contributed by atoms with Crippen molar-refractivity contribution in [2.75, 3.05) is 19.6 Å². The van der Waals surface area contributed by atoms with Crippen molar-refractivity contribution < 1.29 is 0 Å². The van der Waals surface area contributed by atoms with E-state index in [2.05, 4.69) is 28.4 Å². The van der Waals surface area contributed by atoms with Crippen molar-refractivity contribution in [3.63, 3.8) is 0 Å². The van der Waals surface area contributed by atoms with Crippen LogP contribution in [0.2, 0.25) is 0 Å². The van der Waals surface area contributed by atoms with E-state index < -0.39 is 0 Å². The normalized spacial score (nSPS) is 28.9. The minimum Gasteiger partial charge on any atom is -0.314 e. The van der Waals surface area contributed by atoms with Crippen molar-refractivity contribution in [1.29, 1.82) is 0 Å². The monoisotopic (exact) mass is 262 g/mol. The highest BCUT2D eigenvalue weighted by molar-refractivity contribution is 5.04. The third-order valence-corrected chi connectivity index (χ3v) is 4.63. The van der Waals surface area contributed by atoms with Crippen LogP contribution in [-0.2, 0) is 13.1 Å². The van der Waals surface area contributed by atoms with Crippen LogP contribution in [0.1, 0.15) is 38.2 Å². The summed E-state index contributed by atoms with van der Waals surface area (Å²) in [5, 5.41) is 8.06. The van der Waals surface area contributed by atoms with E-state index in [4.69, 9.17) is 0 Å². The smallest absolute Gasteiger partial charge is 0.0534 e. The van der Waals surface area contributed by atoms with E-state index in [-0.39, 0.29) is 0 Å². The van der Waals surface area contributed by atoms with Gasteiger partial charge >= 0.3 is 0 Å². The van der Waals surface area contributed by atoms with Crippen LogP contribution in [0.3, 0.4) is 0 Å². The largest absolute Gasteiger partial charge is 0.314 e. The zero-order chi connectivity index (χ0) is 13.1. The predicted octanol–water partition coefficient (Wildman–Crippen LogP) is 1.87. The SMILES string of the molecule is CCn1cc(CN2CCCC(C3CCCN3)C2)cn1. The molecule has 2 aliphatic rings. The molecular weight excluding hydrogens is 236 g/mol. The summed E-state index contributed by atoms with van der Waals surface area (Å²) < 4.78 is 2.02. The maximum absolute atomic E-state index is 4.37. The quantitative estimate of drug-likeness (QED) is 0.899. The summed E-state index contributed by atoms with van der Waals surface area (Å²) >= 11 is 0. The number of piperidine rings is 1. The zero-order valence-corrected chi connectivity index (χ0v) is 12.0. The van der Waals surface area contributed by atoms with Crippen LogP contribution in [0.15, 0.2) is 12.4 Å². The predicted molar refractivity (Wildman–Crippen MR) is 76.9 cm³/mol. The number of hydrogen-bond donors (Lipinski definition) is 1. The molecule has 2 fully saturated rings. The molecule has 1 aromatic heterocycles. The summed E-state index contributed by atoms with van der Waals surface area (Å²) in [5.41, 5.74) is 1.36. The first kappa shape index (κ1) is 13.1. The highest BCUT2D eigenvalue weighted by atomic mass is 15.3. The Morgan fingerprint density at radius 2 is 2.32 bits per heavy atom. The van der Waals surface area contributed by atoms with E-state index in [0.29, 0.717) is 0 Å². The number of nitrogens with one attached hydrogen (secondary N) is 1. The van der Waals surface area contributed by atoms with Gasteiger partial charge in [0, 0.05) is 37.4 Å². The third kappa shape index (κ3) is 3.18. The van der Waals surface area contributed by atoms with Crippen molar-refractivity contribution in [2.45, 2.75) is 51.7 Å². The Labute approximate surface area is 116 Å². The van der Waals surface area contributed by atoms with Crippen LogP contribution in [0.5, 0.6) is 0 Å². The number of likely N-dealkylation sites (tertiary alicyclic amines) is 1. The molecule has 2 unspecified atom stereocenters. The summed E-state index contributed by atoms with van der Waals surface area (Å²) in [7, 11) is 0. The van der Waals surface area contributed by atoms with Gasteiger partial charge in [-0.05, 0) is 51.6 Å². The fraction of sp³-hybridized carbons (Fsp3) is 0.800. The molecule has 0 saturated carbocycles. The molecule has 4 heteroatoms. The van der Waals surface area contributed by atoms with Gasteiger partial charge in [-0.2, -0.15) is 5.10 Å². The van der Waals surface area contributed by atoms with E-state index >= 15 is 0 Å². The molecule has 1 aromatic rings. The Kier molecular flexibility index (Phi) is 4.18. The van der Waals surface area contributed by atoms with Gasteiger partial charge in [0.15, 0.2) is 0 Å². The van der Waals surface area contributed by atoms with Gasteiger partial charge in [0.1, 0.15) is 0 Å². The van der Waals surface area contributed by atoms with Crippen LogP contribution in [0, 0.1) is 5.92 Å². The first-order valence-corrected chi connectivity index (χ1v) is 7.82. The molecule has 0 spiro atoms. The first-order chi connectivity index (χ1) is 9.35. The summed E-state index contributed by atoms with van der Waals surface area (Å²) in [4.78, 5) is 2.62. The minimum atomic E-state index is 0.779. The average Bonchev–Trinajstić information content (AvgIpc) is 3.10. The Balaban J connectivity index is 1.55. The summed E-state index contributed by atoms with van der Waals surface area (Å²) in [6.45, 7) is 7.91. The fourth-order valence-electron chi connectivity index (χ4n) is 3.60. The molecule has 2 saturated heterocycles. The highest BCUT2D eigenvalue weighted by Crippen LogP contribution is 2.25. The van der Waals surface area contributed by atoms with E-state index in [1.54, 1.807) is 0 Å². The molecule has 106 valence electrons. The van der Waals surface area contributed by atoms with Gasteiger partial charge in [0.25, 0.3) is 0 Å². The number of aryl methyl sites for hydroxylation is 1. The lowest BCUT2D eigenvalue weighted by molar-refractivity contribution is 0.145. The van der Waals surface area contributed by atoms with Gasteiger partial charge in [-0.25, -0.2) is 0 Å². The van der Waals surface area contributed by atoms with Crippen LogP contribution in [0.25, 0.3) is 0 Å². The Bertz CT molecular complexity index is 395. The maximum Gasteiger partial charge on any atom is 0.0534 e. The lowest BCUT2D eigenvalue weighted by Crippen LogP contribution is -2.43. The van der Waals surface area contributed by atoms with Crippen molar-refractivity contribution in [3.05, 3.63) is 18.0 Å². The van der Waals surface area contributed by atoms with Crippen molar-refractivity contribution in [1.82, 2.24) is 20.0 Å². The van der Waals surface area contributed by atoms with Crippen molar-refractivity contribution >= 4 is 0 Å².